The molecule has 7 nitrogen and oxygen atoms in total. The molecule has 0 radical (unpaired) electrons. The predicted octanol–water partition coefficient (Wildman–Crippen LogP) is 5.36. The number of aryl methyl sites for hydroxylation is 1. The van der Waals surface area contributed by atoms with Crippen LogP contribution in [0.3, 0.4) is 0 Å². The zero-order chi connectivity index (χ0) is 29.1. The number of sulfonamides is 1. The number of nitrogens with one attached hydrogen (secondary N) is 1. The number of rotatable bonds is 14. The Kier molecular flexibility index (Phi) is 11.6. The molecule has 0 bridgehead atoms. The highest BCUT2D eigenvalue weighted by molar-refractivity contribution is 7.92. The summed E-state index contributed by atoms with van der Waals surface area (Å²) in [6, 6.07) is 23.3. The number of halogens is 1. The highest BCUT2D eigenvalue weighted by Gasteiger charge is 2.30. The van der Waals surface area contributed by atoms with Crippen molar-refractivity contribution in [2.75, 3.05) is 23.7 Å². The Morgan fingerprint density at radius 3 is 2.23 bits per heavy atom. The van der Waals surface area contributed by atoms with Crippen molar-refractivity contribution in [2.24, 2.45) is 0 Å². The van der Waals surface area contributed by atoms with Gasteiger partial charge in [-0.25, -0.2) is 8.42 Å². The molecular weight excluding hydrogens is 546 g/mol. The Morgan fingerprint density at radius 2 is 1.60 bits per heavy atom. The number of amides is 2. The van der Waals surface area contributed by atoms with Crippen molar-refractivity contribution in [1.29, 1.82) is 0 Å². The molecule has 9 heteroatoms. The highest BCUT2D eigenvalue weighted by Crippen LogP contribution is 2.23. The normalized spacial score (nSPS) is 12.0. The van der Waals surface area contributed by atoms with Gasteiger partial charge >= 0.3 is 0 Å². The Labute approximate surface area is 243 Å². The molecule has 1 N–H and O–H groups in total. The third-order valence-corrected chi connectivity index (χ3v) is 8.16. The molecule has 0 saturated heterocycles. The molecule has 0 saturated carbocycles. The van der Waals surface area contributed by atoms with Gasteiger partial charge in [-0.3, -0.25) is 13.9 Å². The molecule has 0 heterocycles. The second-order valence-electron chi connectivity index (χ2n) is 9.88. The maximum Gasteiger partial charge on any atom is 0.243 e. The summed E-state index contributed by atoms with van der Waals surface area (Å²) in [7, 11) is -3.56. The highest BCUT2D eigenvalue weighted by atomic mass is 35.5. The van der Waals surface area contributed by atoms with Crippen molar-refractivity contribution < 1.29 is 18.0 Å². The summed E-state index contributed by atoms with van der Waals surface area (Å²) in [6.45, 7) is 4.70. The van der Waals surface area contributed by atoms with E-state index in [1.54, 1.807) is 23.1 Å². The number of hydrogen-bond donors (Lipinski definition) is 1. The summed E-state index contributed by atoms with van der Waals surface area (Å²) in [6.07, 6.45) is 2.61. The van der Waals surface area contributed by atoms with Gasteiger partial charge in [-0.15, -0.1) is 0 Å². The molecule has 40 heavy (non-hydrogen) atoms. The van der Waals surface area contributed by atoms with Crippen LogP contribution in [0.25, 0.3) is 0 Å². The van der Waals surface area contributed by atoms with Crippen molar-refractivity contribution in [3.05, 3.63) is 101 Å². The van der Waals surface area contributed by atoms with E-state index in [9.17, 15) is 18.0 Å². The summed E-state index contributed by atoms with van der Waals surface area (Å²) in [4.78, 5) is 28.8. The van der Waals surface area contributed by atoms with E-state index >= 15 is 0 Å². The summed E-state index contributed by atoms with van der Waals surface area (Å²) in [5.41, 5.74) is 3.23. The first-order chi connectivity index (χ1) is 19.1. The topological polar surface area (TPSA) is 86.8 Å². The fourth-order valence-electron chi connectivity index (χ4n) is 4.45. The molecule has 3 aromatic carbocycles. The first-order valence-corrected chi connectivity index (χ1v) is 15.7. The molecule has 2 amide bonds. The van der Waals surface area contributed by atoms with Gasteiger partial charge in [0.15, 0.2) is 0 Å². The van der Waals surface area contributed by atoms with Crippen LogP contribution in [0.15, 0.2) is 78.9 Å². The maximum absolute atomic E-state index is 13.8. The quantitative estimate of drug-likeness (QED) is 0.277. The Bertz CT molecular complexity index is 1360. The third kappa shape index (κ3) is 9.10. The van der Waals surface area contributed by atoms with E-state index in [1.165, 1.54) is 4.31 Å². The van der Waals surface area contributed by atoms with Crippen molar-refractivity contribution in [3.8, 4) is 0 Å². The summed E-state index contributed by atoms with van der Waals surface area (Å²) in [5.74, 6) is -0.478. The van der Waals surface area contributed by atoms with Crippen LogP contribution in [-0.2, 0) is 32.6 Å². The van der Waals surface area contributed by atoms with Crippen LogP contribution in [0.1, 0.15) is 42.9 Å². The number of hydrogen-bond acceptors (Lipinski definition) is 4. The first-order valence-electron chi connectivity index (χ1n) is 13.5. The van der Waals surface area contributed by atoms with Gasteiger partial charge < -0.3 is 10.2 Å². The number of benzene rings is 3. The zero-order valence-electron chi connectivity index (χ0n) is 23.3. The van der Waals surface area contributed by atoms with Crippen LogP contribution in [0.2, 0.25) is 5.02 Å². The van der Waals surface area contributed by atoms with E-state index in [0.29, 0.717) is 23.7 Å². The summed E-state index contributed by atoms with van der Waals surface area (Å²) in [5, 5.41) is 3.46. The molecule has 0 spiro atoms. The minimum atomic E-state index is -3.56. The van der Waals surface area contributed by atoms with E-state index < -0.39 is 16.1 Å². The molecule has 3 rings (SSSR count). The van der Waals surface area contributed by atoms with E-state index in [4.69, 9.17) is 11.6 Å². The average Bonchev–Trinajstić information content (AvgIpc) is 2.93. The Hall–Kier alpha value is -3.36. The molecule has 0 fully saturated rings. The molecular formula is C31H38ClN3O4S. The standard InChI is InChI=1S/C31H38ClN3O4S/c1-4-20-33-31(37)29(22-25-11-6-5-7-12-25)34(23-26-13-8-9-14-28(26)32)30(36)15-10-21-35(40(3,38)39)27-18-16-24(2)17-19-27/h5-9,11-14,16-19,29H,4,10,15,20-23H2,1-3H3,(H,33,37). The first kappa shape index (κ1) is 31.2. The molecule has 0 aliphatic heterocycles. The number of carbonyl (C=O) groups excluding carboxylic acids is 2. The lowest BCUT2D eigenvalue weighted by atomic mass is 10.0. The fraction of sp³-hybridized carbons (Fsp3) is 0.355. The van der Waals surface area contributed by atoms with Gasteiger partial charge in [0.05, 0.1) is 11.9 Å². The van der Waals surface area contributed by atoms with Crippen LogP contribution in [-0.4, -0.2) is 50.5 Å². The van der Waals surface area contributed by atoms with Gasteiger partial charge in [0.1, 0.15) is 6.04 Å². The lowest BCUT2D eigenvalue weighted by Crippen LogP contribution is -2.50. The van der Waals surface area contributed by atoms with Crippen molar-refractivity contribution in [1.82, 2.24) is 10.2 Å². The average molecular weight is 584 g/mol. The lowest BCUT2D eigenvalue weighted by molar-refractivity contribution is -0.141. The van der Waals surface area contributed by atoms with Gasteiger partial charge in [-0.2, -0.15) is 0 Å². The van der Waals surface area contributed by atoms with Crippen LogP contribution in [0, 0.1) is 6.92 Å². The summed E-state index contributed by atoms with van der Waals surface area (Å²) < 4.78 is 26.5. The van der Waals surface area contributed by atoms with Crippen molar-refractivity contribution in [2.45, 2.75) is 52.1 Å². The smallest absolute Gasteiger partial charge is 0.243 e. The third-order valence-electron chi connectivity index (χ3n) is 6.59. The minimum Gasteiger partial charge on any atom is -0.354 e. The molecule has 1 unspecified atom stereocenters. The molecule has 0 aromatic heterocycles. The van der Waals surface area contributed by atoms with Gasteiger partial charge in [0.25, 0.3) is 0 Å². The molecule has 3 aromatic rings. The lowest BCUT2D eigenvalue weighted by Gasteiger charge is -2.32. The van der Waals surface area contributed by atoms with Crippen molar-refractivity contribution in [3.63, 3.8) is 0 Å². The predicted molar refractivity (Wildman–Crippen MR) is 162 cm³/mol. The number of carbonyl (C=O) groups is 2. The summed E-state index contributed by atoms with van der Waals surface area (Å²) >= 11 is 6.46. The molecule has 1 atom stereocenters. The molecule has 0 aliphatic rings. The van der Waals surface area contributed by atoms with Crippen molar-refractivity contribution >= 4 is 39.1 Å². The van der Waals surface area contributed by atoms with E-state index in [1.807, 2.05) is 74.5 Å². The van der Waals surface area contributed by atoms with Crippen LogP contribution < -0.4 is 9.62 Å². The van der Waals surface area contributed by atoms with Crippen LogP contribution in [0.4, 0.5) is 5.69 Å². The Balaban J connectivity index is 1.87. The van der Waals surface area contributed by atoms with Gasteiger partial charge in [0, 0.05) is 37.5 Å². The largest absolute Gasteiger partial charge is 0.354 e. The molecule has 214 valence electrons. The minimum absolute atomic E-state index is 0.0642. The van der Waals surface area contributed by atoms with E-state index in [-0.39, 0.29) is 37.7 Å². The van der Waals surface area contributed by atoms with E-state index in [2.05, 4.69) is 5.32 Å². The Morgan fingerprint density at radius 1 is 0.950 bits per heavy atom. The zero-order valence-corrected chi connectivity index (χ0v) is 24.9. The second kappa shape index (κ2) is 14.9. The monoisotopic (exact) mass is 583 g/mol. The SMILES string of the molecule is CCCNC(=O)C(Cc1ccccc1)N(Cc1ccccc1Cl)C(=O)CCCN(c1ccc(C)cc1)S(C)(=O)=O. The number of anilines is 1. The fourth-order valence-corrected chi connectivity index (χ4v) is 5.61. The number of nitrogens with zero attached hydrogens (tertiary/aromatic N) is 2. The van der Waals surface area contributed by atoms with Crippen LogP contribution in [0.5, 0.6) is 0 Å². The van der Waals surface area contributed by atoms with Gasteiger partial charge in [0.2, 0.25) is 21.8 Å². The second-order valence-corrected chi connectivity index (χ2v) is 12.2. The van der Waals surface area contributed by atoms with Gasteiger partial charge in [-0.1, -0.05) is 84.8 Å². The maximum atomic E-state index is 13.8. The van der Waals surface area contributed by atoms with Gasteiger partial charge in [-0.05, 0) is 49.1 Å². The molecule has 0 aliphatic carbocycles. The van der Waals surface area contributed by atoms with Crippen LogP contribution >= 0.6 is 11.6 Å². The van der Waals surface area contributed by atoms with E-state index in [0.717, 1.165) is 29.4 Å².